The highest BCUT2D eigenvalue weighted by atomic mass is 31.1. The Morgan fingerprint density at radius 2 is 2.40 bits per heavy atom. The van der Waals surface area contributed by atoms with Gasteiger partial charge in [0.15, 0.2) is 0 Å². The SMILES string of the molecule is CCCCc1cc[pH]c1P. The van der Waals surface area contributed by atoms with Crippen LogP contribution in [-0.2, 0) is 6.42 Å². The first-order valence-electron chi connectivity index (χ1n) is 3.76. The minimum absolute atomic E-state index is 0.936. The molecular formula is C8H14P2. The van der Waals surface area contributed by atoms with E-state index in [9.17, 15) is 0 Å². The molecule has 1 heterocycles. The van der Waals surface area contributed by atoms with E-state index in [-0.39, 0.29) is 0 Å². The van der Waals surface area contributed by atoms with Crippen LogP contribution in [0, 0.1) is 0 Å². The van der Waals surface area contributed by atoms with Gasteiger partial charge in [-0.25, -0.2) is 0 Å². The van der Waals surface area contributed by atoms with Crippen molar-refractivity contribution in [2.45, 2.75) is 26.2 Å². The molecule has 0 saturated heterocycles. The van der Waals surface area contributed by atoms with Gasteiger partial charge < -0.3 is 0 Å². The molecule has 0 aromatic carbocycles. The van der Waals surface area contributed by atoms with Crippen LogP contribution in [0.15, 0.2) is 11.9 Å². The Balaban J connectivity index is 2.49. The maximum absolute atomic E-state index is 2.84. The zero-order chi connectivity index (χ0) is 7.40. The van der Waals surface area contributed by atoms with Gasteiger partial charge >= 0.3 is 0 Å². The maximum Gasteiger partial charge on any atom is -0.0108 e. The van der Waals surface area contributed by atoms with Crippen molar-refractivity contribution in [3.8, 4) is 0 Å². The molecule has 0 bridgehead atoms. The van der Waals surface area contributed by atoms with Crippen LogP contribution in [0.3, 0.4) is 0 Å². The molecular weight excluding hydrogens is 158 g/mol. The number of rotatable bonds is 3. The maximum atomic E-state index is 2.84. The van der Waals surface area contributed by atoms with Gasteiger partial charge in [-0.2, -0.15) is 0 Å². The van der Waals surface area contributed by atoms with E-state index in [1.807, 2.05) is 0 Å². The van der Waals surface area contributed by atoms with Crippen molar-refractivity contribution >= 4 is 22.5 Å². The average Bonchev–Trinajstić information content (AvgIpc) is 2.31. The number of hydrogen-bond donors (Lipinski definition) is 0. The van der Waals surface area contributed by atoms with Gasteiger partial charge in [0.2, 0.25) is 0 Å². The first-order valence-corrected chi connectivity index (χ1v) is 5.41. The fraction of sp³-hybridized carbons (Fsp3) is 0.500. The second kappa shape index (κ2) is 4.16. The van der Waals surface area contributed by atoms with E-state index in [0.717, 1.165) is 8.19 Å². The van der Waals surface area contributed by atoms with E-state index < -0.39 is 0 Å². The summed E-state index contributed by atoms with van der Waals surface area (Å²) in [5.74, 6) is 2.27. The third kappa shape index (κ3) is 2.11. The van der Waals surface area contributed by atoms with Crippen LogP contribution < -0.4 is 5.04 Å². The number of hydrogen-bond acceptors (Lipinski definition) is 0. The fourth-order valence-electron chi connectivity index (χ4n) is 1.000. The van der Waals surface area contributed by atoms with Gasteiger partial charge in [-0.1, -0.05) is 19.4 Å². The Labute approximate surface area is 66.7 Å². The molecule has 0 N–H and O–H groups in total. The van der Waals surface area contributed by atoms with Gasteiger partial charge in [0.05, 0.1) is 0 Å². The van der Waals surface area contributed by atoms with Crippen LogP contribution in [0.4, 0.5) is 0 Å². The van der Waals surface area contributed by atoms with Crippen molar-refractivity contribution in [3.63, 3.8) is 0 Å². The average molecular weight is 172 g/mol. The molecule has 2 heteroatoms. The molecule has 56 valence electrons. The Kier molecular flexibility index (Phi) is 3.46. The van der Waals surface area contributed by atoms with Crippen molar-refractivity contribution in [2.24, 2.45) is 0 Å². The number of aryl methyl sites for hydroxylation is 1. The van der Waals surface area contributed by atoms with E-state index in [1.54, 1.807) is 5.56 Å². The predicted molar refractivity (Wildman–Crippen MR) is 53.9 cm³/mol. The van der Waals surface area contributed by atoms with Crippen LogP contribution in [0.2, 0.25) is 0 Å². The first kappa shape index (κ1) is 8.31. The minimum atomic E-state index is 0.936. The molecule has 1 rings (SSSR count). The summed E-state index contributed by atoms with van der Waals surface area (Å²) < 4.78 is 0. The molecule has 0 nitrogen and oxygen atoms in total. The topological polar surface area (TPSA) is 0 Å². The standard InChI is InChI=1S/C8H14P2/c1-2-3-4-7-5-6-10-8(7)9/h5-6,10H,2-4,9H2,1H3. The van der Waals surface area contributed by atoms with Gasteiger partial charge in [-0.15, -0.1) is 17.4 Å². The van der Waals surface area contributed by atoms with Gasteiger partial charge in [-0.05, 0) is 29.2 Å². The number of unbranched alkanes of at least 4 members (excludes halogenated alkanes) is 1. The predicted octanol–water partition coefficient (Wildman–Crippen LogP) is 2.56. The highest BCUT2D eigenvalue weighted by molar-refractivity contribution is 7.51. The van der Waals surface area contributed by atoms with Gasteiger partial charge in [0.1, 0.15) is 0 Å². The summed E-state index contributed by atoms with van der Waals surface area (Å²) in [7, 11) is 3.77. The van der Waals surface area contributed by atoms with Crippen molar-refractivity contribution in [1.82, 2.24) is 0 Å². The summed E-state index contributed by atoms with van der Waals surface area (Å²) in [5.41, 5.74) is 1.56. The highest BCUT2D eigenvalue weighted by Crippen LogP contribution is 2.14. The Hall–Kier alpha value is 0.210. The summed E-state index contributed by atoms with van der Waals surface area (Å²) in [6.45, 7) is 2.24. The molecule has 0 amide bonds. The molecule has 2 unspecified atom stereocenters. The first-order chi connectivity index (χ1) is 4.84. The van der Waals surface area contributed by atoms with Gasteiger partial charge in [0.25, 0.3) is 0 Å². The molecule has 1 aromatic rings. The Morgan fingerprint density at radius 3 is 2.90 bits per heavy atom. The summed E-state index contributed by atoms with van der Waals surface area (Å²) in [5, 5.41) is 1.52. The van der Waals surface area contributed by atoms with Crippen LogP contribution in [0.25, 0.3) is 0 Å². The largest absolute Gasteiger partial charge is 0.132 e. The summed E-state index contributed by atoms with van der Waals surface area (Å²) >= 11 is 0. The van der Waals surface area contributed by atoms with E-state index in [2.05, 4.69) is 28.0 Å². The molecule has 2 atom stereocenters. The molecule has 0 radical (unpaired) electrons. The zero-order valence-corrected chi connectivity index (χ0v) is 8.51. The lowest BCUT2D eigenvalue weighted by atomic mass is 10.2. The summed E-state index contributed by atoms with van der Waals surface area (Å²) in [4.78, 5) is 0. The molecule has 1 aromatic heterocycles. The quantitative estimate of drug-likeness (QED) is 0.614. The normalized spacial score (nSPS) is 11.0. The van der Waals surface area contributed by atoms with E-state index in [4.69, 9.17) is 0 Å². The monoisotopic (exact) mass is 172 g/mol. The van der Waals surface area contributed by atoms with E-state index in [0.29, 0.717) is 0 Å². The van der Waals surface area contributed by atoms with E-state index >= 15 is 0 Å². The molecule has 0 saturated carbocycles. The second-order valence-electron chi connectivity index (χ2n) is 2.52. The lowest BCUT2D eigenvalue weighted by molar-refractivity contribution is 0.799. The van der Waals surface area contributed by atoms with Crippen LogP contribution in [-0.4, -0.2) is 0 Å². The van der Waals surface area contributed by atoms with Gasteiger partial charge in [-0.3, -0.25) is 0 Å². The highest BCUT2D eigenvalue weighted by Gasteiger charge is 1.95. The van der Waals surface area contributed by atoms with Crippen LogP contribution in [0.1, 0.15) is 25.3 Å². The molecule has 0 aliphatic carbocycles. The Morgan fingerprint density at radius 1 is 1.60 bits per heavy atom. The lowest BCUT2D eigenvalue weighted by Gasteiger charge is -1.96. The smallest absolute Gasteiger partial charge is 0.0108 e. The fourth-order valence-corrected chi connectivity index (χ4v) is 2.39. The van der Waals surface area contributed by atoms with Crippen molar-refractivity contribution in [1.29, 1.82) is 0 Å². The van der Waals surface area contributed by atoms with Crippen LogP contribution >= 0.6 is 17.4 Å². The molecule has 10 heavy (non-hydrogen) atoms. The second-order valence-corrected chi connectivity index (χ2v) is 4.84. The molecule has 0 spiro atoms. The molecule has 0 aliphatic rings. The van der Waals surface area contributed by atoms with Crippen molar-refractivity contribution < 1.29 is 0 Å². The third-order valence-corrected chi connectivity index (χ3v) is 3.51. The molecule has 0 aliphatic heterocycles. The summed E-state index contributed by atoms with van der Waals surface area (Å²) in [6.07, 6.45) is 3.92. The van der Waals surface area contributed by atoms with Crippen molar-refractivity contribution in [2.75, 3.05) is 0 Å². The minimum Gasteiger partial charge on any atom is -0.132 e. The Bertz CT molecular complexity index is 191. The van der Waals surface area contributed by atoms with Crippen LogP contribution in [0.5, 0.6) is 0 Å². The van der Waals surface area contributed by atoms with E-state index in [1.165, 1.54) is 24.3 Å². The van der Waals surface area contributed by atoms with Crippen molar-refractivity contribution in [3.05, 3.63) is 17.4 Å². The lowest BCUT2D eigenvalue weighted by Crippen LogP contribution is -1.91. The molecule has 0 fully saturated rings. The van der Waals surface area contributed by atoms with Gasteiger partial charge in [0, 0.05) is 0 Å². The summed E-state index contributed by atoms with van der Waals surface area (Å²) in [6, 6.07) is 2.27. The zero-order valence-electron chi connectivity index (χ0n) is 6.35. The third-order valence-electron chi connectivity index (χ3n) is 1.67.